The van der Waals surface area contributed by atoms with Gasteiger partial charge in [0.1, 0.15) is 0 Å². The maximum atomic E-state index is 2.35. The first kappa shape index (κ1) is 10.8. The highest BCUT2D eigenvalue weighted by atomic mass is 14.3. The Bertz CT molecular complexity index is 184. The minimum atomic E-state index is 0.976. The van der Waals surface area contributed by atoms with Crippen LogP contribution in [-0.2, 0) is 0 Å². The van der Waals surface area contributed by atoms with E-state index in [0.717, 1.165) is 11.8 Å². The lowest BCUT2D eigenvalue weighted by molar-refractivity contribution is 0.260. The quantitative estimate of drug-likeness (QED) is 0.546. The van der Waals surface area contributed by atoms with Crippen LogP contribution in [0.3, 0.4) is 0 Å². The fraction of sp³-hybridized carbons (Fsp3) is 0.846. The summed E-state index contributed by atoms with van der Waals surface area (Å²) in [6.45, 7) is 9.24. The molecule has 0 aromatic carbocycles. The molecule has 1 aliphatic carbocycles. The van der Waals surface area contributed by atoms with Gasteiger partial charge in [-0.2, -0.15) is 0 Å². The van der Waals surface area contributed by atoms with E-state index < -0.39 is 0 Å². The molecule has 1 rings (SSSR count). The van der Waals surface area contributed by atoms with E-state index in [0.29, 0.717) is 0 Å². The Labute approximate surface area is 83.4 Å². The van der Waals surface area contributed by atoms with E-state index in [1.165, 1.54) is 32.1 Å². The van der Waals surface area contributed by atoms with Gasteiger partial charge in [-0.1, -0.05) is 37.8 Å². The molecule has 0 aromatic rings. The molecule has 2 unspecified atom stereocenters. The molecule has 2 atom stereocenters. The highest BCUT2D eigenvalue weighted by Gasteiger charge is 2.24. The summed E-state index contributed by atoms with van der Waals surface area (Å²) in [5.74, 6) is 1.98. The molecule has 76 valence electrons. The van der Waals surface area contributed by atoms with Crippen molar-refractivity contribution in [3.05, 3.63) is 11.1 Å². The molecule has 1 aliphatic rings. The van der Waals surface area contributed by atoms with Crippen LogP contribution in [-0.4, -0.2) is 0 Å². The second kappa shape index (κ2) is 4.83. The normalized spacial score (nSPS) is 29.1. The number of allylic oxidation sites excluding steroid dienone is 2. The zero-order valence-corrected chi connectivity index (χ0v) is 9.69. The lowest BCUT2D eigenvalue weighted by Crippen LogP contribution is -2.19. The molecule has 1 saturated carbocycles. The van der Waals surface area contributed by atoms with Crippen LogP contribution in [0.1, 0.15) is 59.8 Å². The fourth-order valence-electron chi connectivity index (χ4n) is 2.65. The van der Waals surface area contributed by atoms with Gasteiger partial charge in [0.15, 0.2) is 0 Å². The fourth-order valence-corrected chi connectivity index (χ4v) is 2.65. The molecular formula is C13H24. The van der Waals surface area contributed by atoms with Gasteiger partial charge in [-0.3, -0.25) is 0 Å². The molecule has 0 aliphatic heterocycles. The van der Waals surface area contributed by atoms with E-state index >= 15 is 0 Å². The van der Waals surface area contributed by atoms with Crippen molar-refractivity contribution in [2.45, 2.75) is 59.8 Å². The molecule has 13 heavy (non-hydrogen) atoms. The van der Waals surface area contributed by atoms with Crippen LogP contribution in [0.4, 0.5) is 0 Å². The van der Waals surface area contributed by atoms with Gasteiger partial charge in [-0.25, -0.2) is 0 Å². The van der Waals surface area contributed by atoms with Gasteiger partial charge in [-0.15, -0.1) is 0 Å². The Morgan fingerprint density at radius 2 is 1.77 bits per heavy atom. The Hall–Kier alpha value is -0.260. The number of hydrogen-bond acceptors (Lipinski definition) is 0. The Morgan fingerprint density at radius 1 is 1.15 bits per heavy atom. The van der Waals surface area contributed by atoms with Crippen LogP contribution in [0.25, 0.3) is 0 Å². The third-order valence-electron chi connectivity index (χ3n) is 3.75. The molecule has 0 amide bonds. The van der Waals surface area contributed by atoms with Crippen LogP contribution >= 0.6 is 0 Å². The summed E-state index contributed by atoms with van der Waals surface area (Å²) in [5, 5.41) is 0. The third kappa shape index (κ3) is 2.59. The van der Waals surface area contributed by atoms with Gasteiger partial charge >= 0.3 is 0 Å². The van der Waals surface area contributed by atoms with Gasteiger partial charge in [-0.05, 0) is 44.9 Å². The van der Waals surface area contributed by atoms with E-state index in [4.69, 9.17) is 0 Å². The average Bonchev–Trinajstić information content (AvgIpc) is 2.16. The summed E-state index contributed by atoms with van der Waals surface area (Å²) >= 11 is 0. The molecule has 0 heterocycles. The van der Waals surface area contributed by atoms with Crippen LogP contribution in [0.15, 0.2) is 11.1 Å². The van der Waals surface area contributed by atoms with Crippen LogP contribution in [0.2, 0.25) is 0 Å². The molecule has 0 bridgehead atoms. The zero-order chi connectivity index (χ0) is 9.84. The van der Waals surface area contributed by atoms with Gasteiger partial charge in [0.2, 0.25) is 0 Å². The molecular weight excluding hydrogens is 156 g/mol. The summed E-state index contributed by atoms with van der Waals surface area (Å²) in [5.41, 5.74) is 3.32. The van der Waals surface area contributed by atoms with E-state index in [-0.39, 0.29) is 0 Å². The third-order valence-corrected chi connectivity index (χ3v) is 3.75. The van der Waals surface area contributed by atoms with Gasteiger partial charge < -0.3 is 0 Å². The molecule has 0 heteroatoms. The SMILES string of the molecule is CCC1CCC(=C(C)C)CC1CC. The molecule has 0 saturated heterocycles. The van der Waals surface area contributed by atoms with Crippen LogP contribution < -0.4 is 0 Å². The minimum absolute atomic E-state index is 0.976. The maximum absolute atomic E-state index is 2.35. The summed E-state index contributed by atoms with van der Waals surface area (Å²) in [6, 6.07) is 0. The number of hydrogen-bond donors (Lipinski definition) is 0. The molecule has 1 fully saturated rings. The largest absolute Gasteiger partial charge is 0.0772 e. The highest BCUT2D eigenvalue weighted by Crippen LogP contribution is 2.38. The average molecular weight is 180 g/mol. The smallest absolute Gasteiger partial charge is 0.0287 e. The van der Waals surface area contributed by atoms with E-state index in [2.05, 4.69) is 27.7 Å². The summed E-state index contributed by atoms with van der Waals surface area (Å²) in [6.07, 6.45) is 6.95. The maximum Gasteiger partial charge on any atom is -0.0287 e. The van der Waals surface area contributed by atoms with Gasteiger partial charge in [0, 0.05) is 0 Å². The first-order chi connectivity index (χ1) is 6.19. The van der Waals surface area contributed by atoms with Crippen LogP contribution in [0.5, 0.6) is 0 Å². The minimum Gasteiger partial charge on any atom is -0.0772 e. The Morgan fingerprint density at radius 3 is 2.23 bits per heavy atom. The van der Waals surface area contributed by atoms with Crippen molar-refractivity contribution >= 4 is 0 Å². The Kier molecular flexibility index (Phi) is 4.02. The van der Waals surface area contributed by atoms with Crippen LogP contribution in [0, 0.1) is 11.8 Å². The topological polar surface area (TPSA) is 0 Å². The van der Waals surface area contributed by atoms with Crippen molar-refractivity contribution in [3.63, 3.8) is 0 Å². The molecule has 0 spiro atoms. The summed E-state index contributed by atoms with van der Waals surface area (Å²) in [7, 11) is 0. The first-order valence-corrected chi connectivity index (χ1v) is 5.84. The van der Waals surface area contributed by atoms with Gasteiger partial charge in [0.25, 0.3) is 0 Å². The number of rotatable bonds is 2. The highest BCUT2D eigenvalue weighted by molar-refractivity contribution is 5.13. The predicted molar refractivity (Wildman–Crippen MR) is 59.8 cm³/mol. The lowest BCUT2D eigenvalue weighted by Gasteiger charge is -2.32. The zero-order valence-electron chi connectivity index (χ0n) is 9.69. The van der Waals surface area contributed by atoms with Gasteiger partial charge in [0.05, 0.1) is 0 Å². The second-order valence-corrected chi connectivity index (χ2v) is 4.68. The lowest BCUT2D eigenvalue weighted by atomic mass is 9.73. The predicted octanol–water partition coefficient (Wildman–Crippen LogP) is 4.56. The molecule has 0 radical (unpaired) electrons. The standard InChI is InChI=1S/C13H24/c1-5-11-7-8-13(10(3)4)9-12(11)6-2/h11-12H,5-9H2,1-4H3. The van der Waals surface area contributed by atoms with E-state index in [1.54, 1.807) is 11.1 Å². The summed E-state index contributed by atoms with van der Waals surface area (Å²) < 4.78 is 0. The first-order valence-electron chi connectivity index (χ1n) is 5.84. The van der Waals surface area contributed by atoms with E-state index in [9.17, 15) is 0 Å². The molecule has 0 N–H and O–H groups in total. The van der Waals surface area contributed by atoms with Crippen molar-refractivity contribution in [1.82, 2.24) is 0 Å². The monoisotopic (exact) mass is 180 g/mol. The van der Waals surface area contributed by atoms with Crippen molar-refractivity contribution in [3.8, 4) is 0 Å². The van der Waals surface area contributed by atoms with Crippen molar-refractivity contribution < 1.29 is 0 Å². The van der Waals surface area contributed by atoms with Crippen molar-refractivity contribution in [2.24, 2.45) is 11.8 Å². The van der Waals surface area contributed by atoms with Crippen molar-refractivity contribution in [2.75, 3.05) is 0 Å². The second-order valence-electron chi connectivity index (χ2n) is 4.68. The summed E-state index contributed by atoms with van der Waals surface area (Å²) in [4.78, 5) is 0. The molecule has 0 aromatic heterocycles. The molecule has 0 nitrogen and oxygen atoms in total. The van der Waals surface area contributed by atoms with Crippen molar-refractivity contribution in [1.29, 1.82) is 0 Å². The van der Waals surface area contributed by atoms with E-state index in [1.807, 2.05) is 0 Å². The Balaban J connectivity index is 2.63.